The Bertz CT molecular complexity index is 962. The van der Waals surface area contributed by atoms with E-state index in [2.05, 4.69) is 4.99 Å². The number of benzene rings is 1. The lowest BCUT2D eigenvalue weighted by molar-refractivity contribution is -0.138. The molecule has 2 aliphatic rings. The number of carbonyl (C=O) groups excluding carboxylic acids is 1. The molecule has 30 heavy (non-hydrogen) atoms. The van der Waals surface area contributed by atoms with E-state index in [4.69, 9.17) is 14.6 Å². The Balaban J connectivity index is 1.77. The Kier molecular flexibility index (Phi) is 6.91. The van der Waals surface area contributed by atoms with Crippen molar-refractivity contribution in [1.82, 2.24) is 4.90 Å². The van der Waals surface area contributed by atoms with Crippen molar-refractivity contribution in [3.63, 3.8) is 0 Å². The second kappa shape index (κ2) is 9.25. The molecule has 0 spiro atoms. The van der Waals surface area contributed by atoms with Crippen LogP contribution in [0.4, 0.5) is 0 Å². The normalized spacial score (nSPS) is 23.4. The molecule has 1 aromatic rings. The largest absolute Gasteiger partial charge is 0.493 e. The molecule has 0 aliphatic carbocycles. The third-order valence-corrected chi connectivity index (χ3v) is 8.28. The first-order chi connectivity index (χ1) is 14.2. The van der Waals surface area contributed by atoms with E-state index in [0.717, 1.165) is 5.56 Å². The number of carboxylic acid groups (broad SMARTS) is 1. The number of methoxy groups -OCH3 is 2. The van der Waals surface area contributed by atoms with Crippen molar-refractivity contribution in [1.29, 1.82) is 0 Å². The molecule has 1 aromatic carbocycles. The Hall–Kier alpha value is -2.27. The van der Waals surface area contributed by atoms with E-state index < -0.39 is 21.7 Å². The maximum absolute atomic E-state index is 12.1. The zero-order valence-electron chi connectivity index (χ0n) is 16.7. The number of aliphatic carboxylic acids is 1. The lowest BCUT2D eigenvalue weighted by Gasteiger charge is -2.24. The van der Waals surface area contributed by atoms with Gasteiger partial charge in [-0.1, -0.05) is 17.8 Å². The summed E-state index contributed by atoms with van der Waals surface area (Å²) in [6.45, 7) is 0.476. The number of ether oxygens (including phenoxy) is 2. The van der Waals surface area contributed by atoms with Crippen molar-refractivity contribution in [3.05, 3.63) is 23.8 Å². The van der Waals surface area contributed by atoms with Crippen LogP contribution in [0.5, 0.6) is 11.5 Å². The molecule has 1 N–H and O–H groups in total. The molecule has 0 saturated carbocycles. The molecular formula is C19H24N2O7S2. The molecule has 1 amide bonds. The van der Waals surface area contributed by atoms with Crippen LogP contribution in [0.2, 0.25) is 0 Å². The molecule has 11 heteroatoms. The van der Waals surface area contributed by atoms with Gasteiger partial charge in [0, 0.05) is 18.2 Å². The van der Waals surface area contributed by atoms with Crippen LogP contribution in [0.15, 0.2) is 23.2 Å². The predicted octanol–water partition coefficient (Wildman–Crippen LogP) is 1.21. The molecule has 2 atom stereocenters. The Morgan fingerprint density at radius 3 is 2.60 bits per heavy atom. The van der Waals surface area contributed by atoms with Gasteiger partial charge in [-0.15, -0.1) is 0 Å². The van der Waals surface area contributed by atoms with E-state index in [1.54, 1.807) is 20.3 Å². The van der Waals surface area contributed by atoms with Crippen molar-refractivity contribution in [2.75, 3.05) is 32.3 Å². The van der Waals surface area contributed by atoms with Gasteiger partial charge in [0.05, 0.1) is 38.2 Å². The van der Waals surface area contributed by atoms with Gasteiger partial charge in [0.1, 0.15) is 0 Å². The van der Waals surface area contributed by atoms with Crippen LogP contribution >= 0.6 is 11.8 Å². The lowest BCUT2D eigenvalue weighted by Crippen LogP contribution is -2.39. The first kappa shape index (κ1) is 22.4. The van der Waals surface area contributed by atoms with Crippen molar-refractivity contribution >= 4 is 38.6 Å². The van der Waals surface area contributed by atoms with Crippen LogP contribution in [-0.4, -0.2) is 79.0 Å². The number of amidine groups is 1. The van der Waals surface area contributed by atoms with E-state index in [0.29, 0.717) is 29.6 Å². The van der Waals surface area contributed by atoms with Gasteiger partial charge in [0.2, 0.25) is 5.91 Å². The van der Waals surface area contributed by atoms with E-state index in [1.165, 1.54) is 11.8 Å². The number of sulfone groups is 1. The smallest absolute Gasteiger partial charge is 0.303 e. The Morgan fingerprint density at radius 2 is 1.93 bits per heavy atom. The van der Waals surface area contributed by atoms with Crippen LogP contribution < -0.4 is 9.47 Å². The van der Waals surface area contributed by atoms with Crippen LogP contribution in [0.25, 0.3) is 0 Å². The number of hydrogen-bond acceptors (Lipinski definition) is 7. The fourth-order valence-corrected chi connectivity index (χ4v) is 7.55. The summed E-state index contributed by atoms with van der Waals surface area (Å²) in [6.07, 6.45) is 0.121. The van der Waals surface area contributed by atoms with Crippen LogP contribution in [0.1, 0.15) is 18.4 Å². The number of aliphatic imine (C=N–C) groups is 1. The van der Waals surface area contributed by atoms with Gasteiger partial charge in [0.15, 0.2) is 26.5 Å². The molecule has 2 heterocycles. The van der Waals surface area contributed by atoms with Crippen LogP contribution in [0.3, 0.4) is 0 Å². The summed E-state index contributed by atoms with van der Waals surface area (Å²) < 4.78 is 34.7. The highest BCUT2D eigenvalue weighted by Crippen LogP contribution is 2.38. The van der Waals surface area contributed by atoms with Crippen molar-refractivity contribution < 1.29 is 32.6 Å². The quantitative estimate of drug-likeness (QED) is 0.615. The topological polar surface area (TPSA) is 123 Å². The summed E-state index contributed by atoms with van der Waals surface area (Å²) in [5.41, 5.74) is 0.971. The minimum Gasteiger partial charge on any atom is -0.493 e. The molecule has 0 unspecified atom stereocenters. The molecular weight excluding hydrogens is 432 g/mol. The second-order valence-corrected chi connectivity index (χ2v) is 10.5. The molecule has 2 aliphatic heterocycles. The van der Waals surface area contributed by atoms with Gasteiger partial charge in [-0.3, -0.25) is 9.59 Å². The van der Waals surface area contributed by atoms with Crippen LogP contribution in [0, 0.1) is 0 Å². The molecule has 2 saturated heterocycles. The summed E-state index contributed by atoms with van der Waals surface area (Å²) >= 11 is 1.29. The minimum atomic E-state index is -3.13. The first-order valence-electron chi connectivity index (χ1n) is 9.40. The van der Waals surface area contributed by atoms with Crippen molar-refractivity contribution in [2.24, 2.45) is 4.99 Å². The summed E-state index contributed by atoms with van der Waals surface area (Å²) in [4.78, 5) is 28.7. The number of hydrogen-bond donors (Lipinski definition) is 1. The molecule has 0 radical (unpaired) electrons. The van der Waals surface area contributed by atoms with E-state index in [-0.39, 0.29) is 35.6 Å². The fourth-order valence-electron chi connectivity index (χ4n) is 3.56. The zero-order chi connectivity index (χ0) is 21.9. The number of rotatable bonds is 8. The van der Waals surface area contributed by atoms with E-state index >= 15 is 0 Å². The monoisotopic (exact) mass is 456 g/mol. The van der Waals surface area contributed by atoms with Gasteiger partial charge in [-0.05, 0) is 24.1 Å². The number of amides is 1. The number of nitrogens with zero attached hydrogens (tertiary/aromatic N) is 2. The standard InChI is InChI=1S/C19H24N2O7S2/c1-27-14-4-3-12(9-15(14)28-2)7-8-21-13-10-30(25,26)11-16(13)29-19(21)20-17(22)5-6-18(23)24/h3-4,9,13,16H,5-8,10-11H2,1-2H3,(H,23,24)/t13-,16+/m0/s1. The summed E-state index contributed by atoms with van der Waals surface area (Å²) in [5.74, 6) is -0.276. The van der Waals surface area contributed by atoms with Gasteiger partial charge in [0.25, 0.3) is 0 Å². The number of fused-ring (bicyclic) bond motifs is 1. The van der Waals surface area contributed by atoms with Gasteiger partial charge in [-0.2, -0.15) is 4.99 Å². The van der Waals surface area contributed by atoms with Crippen molar-refractivity contribution in [3.8, 4) is 11.5 Å². The molecule has 0 aromatic heterocycles. The molecule has 3 rings (SSSR count). The molecule has 2 fully saturated rings. The number of carboxylic acids is 1. The Morgan fingerprint density at radius 1 is 1.20 bits per heavy atom. The third kappa shape index (κ3) is 5.25. The van der Waals surface area contributed by atoms with E-state index in [1.807, 2.05) is 17.0 Å². The maximum atomic E-state index is 12.1. The zero-order valence-corrected chi connectivity index (χ0v) is 18.4. The Labute approximate surface area is 179 Å². The number of thioether (sulfide) groups is 1. The first-order valence-corrected chi connectivity index (χ1v) is 12.1. The molecule has 0 bridgehead atoms. The second-order valence-electron chi connectivity index (χ2n) is 7.12. The number of carbonyl (C=O) groups is 2. The minimum absolute atomic E-state index is 0.0267. The maximum Gasteiger partial charge on any atom is 0.303 e. The summed E-state index contributed by atoms with van der Waals surface area (Å²) in [6, 6.07) is 5.33. The highest BCUT2D eigenvalue weighted by Gasteiger charge is 2.48. The average molecular weight is 457 g/mol. The van der Waals surface area contributed by atoms with Crippen LogP contribution in [-0.2, 0) is 25.8 Å². The van der Waals surface area contributed by atoms with Gasteiger partial charge < -0.3 is 19.5 Å². The highest BCUT2D eigenvalue weighted by atomic mass is 32.2. The molecule has 164 valence electrons. The van der Waals surface area contributed by atoms with Crippen molar-refractivity contribution in [2.45, 2.75) is 30.6 Å². The SMILES string of the molecule is COc1ccc(CCN2C(=NC(=O)CCC(=O)O)S[C@@H]3CS(=O)(=O)C[C@@H]32)cc1OC. The lowest BCUT2D eigenvalue weighted by atomic mass is 10.1. The predicted molar refractivity (Wildman–Crippen MR) is 113 cm³/mol. The third-order valence-electron chi connectivity index (χ3n) is 5.04. The van der Waals surface area contributed by atoms with E-state index in [9.17, 15) is 18.0 Å². The average Bonchev–Trinajstić information content (AvgIpc) is 3.15. The molecule has 9 nitrogen and oxygen atoms in total. The fraction of sp³-hybridized carbons (Fsp3) is 0.526. The highest BCUT2D eigenvalue weighted by molar-refractivity contribution is 8.15. The van der Waals surface area contributed by atoms with Gasteiger partial charge >= 0.3 is 5.97 Å². The summed E-state index contributed by atoms with van der Waals surface area (Å²) in [7, 11) is -0.0160. The van der Waals surface area contributed by atoms with Gasteiger partial charge in [-0.25, -0.2) is 8.42 Å². The summed E-state index contributed by atoms with van der Waals surface area (Å²) in [5, 5.41) is 9.05.